The fraction of sp³-hybridized carbons (Fsp3) is 0.933. The number of rotatable bonds is 7. The molecule has 0 aromatic carbocycles. The second-order valence-corrected chi connectivity index (χ2v) is 6.29. The van der Waals surface area contributed by atoms with Crippen LogP contribution in [0.5, 0.6) is 0 Å². The fourth-order valence-electron chi connectivity index (χ4n) is 2.58. The molecule has 0 spiro atoms. The van der Waals surface area contributed by atoms with Crippen LogP contribution < -0.4 is 5.32 Å². The van der Waals surface area contributed by atoms with E-state index in [9.17, 15) is 4.79 Å². The summed E-state index contributed by atoms with van der Waals surface area (Å²) in [7, 11) is 1.81. The largest absolute Gasteiger partial charge is 0.465 e. The van der Waals surface area contributed by atoms with Crippen molar-refractivity contribution in [3.05, 3.63) is 0 Å². The van der Waals surface area contributed by atoms with Crippen molar-refractivity contribution in [1.82, 2.24) is 10.2 Å². The fourth-order valence-corrected chi connectivity index (χ4v) is 2.58. The third-order valence-electron chi connectivity index (χ3n) is 3.93. The summed E-state index contributed by atoms with van der Waals surface area (Å²) in [5.41, 5.74) is -0.649. The number of carbonyl (C=O) groups excluding carboxylic acids is 1. The summed E-state index contributed by atoms with van der Waals surface area (Å²) in [6, 6.07) is 0. The van der Waals surface area contributed by atoms with E-state index in [1.165, 1.54) is 0 Å². The topological polar surface area (TPSA) is 50.8 Å². The highest BCUT2D eigenvalue weighted by molar-refractivity contribution is 5.80. The van der Waals surface area contributed by atoms with Gasteiger partial charge >= 0.3 is 5.97 Å². The van der Waals surface area contributed by atoms with Gasteiger partial charge in [0.05, 0.1) is 18.8 Å². The first-order valence-electron chi connectivity index (χ1n) is 7.55. The van der Waals surface area contributed by atoms with Gasteiger partial charge in [0.2, 0.25) is 0 Å². The molecule has 1 atom stereocenters. The first-order chi connectivity index (χ1) is 9.33. The number of hydrogen-bond donors (Lipinski definition) is 1. The van der Waals surface area contributed by atoms with Gasteiger partial charge in [0.1, 0.15) is 5.54 Å². The first-order valence-corrected chi connectivity index (χ1v) is 7.55. The van der Waals surface area contributed by atoms with E-state index in [1.807, 2.05) is 20.9 Å². The average molecular weight is 286 g/mol. The molecular formula is C15H30N2O3. The second kappa shape index (κ2) is 7.38. The Morgan fingerprint density at radius 2 is 2.20 bits per heavy atom. The molecule has 0 amide bonds. The Hall–Kier alpha value is -0.650. The van der Waals surface area contributed by atoms with Crippen LogP contribution in [-0.2, 0) is 14.3 Å². The van der Waals surface area contributed by atoms with Crippen LogP contribution in [0.4, 0.5) is 0 Å². The second-order valence-electron chi connectivity index (χ2n) is 6.29. The number of esters is 1. The third-order valence-corrected chi connectivity index (χ3v) is 3.93. The number of ether oxygens (including phenoxy) is 2. The normalized spacial score (nSPS) is 22.2. The minimum absolute atomic E-state index is 0.0638. The first kappa shape index (κ1) is 17.4. The molecule has 1 saturated heterocycles. The van der Waals surface area contributed by atoms with Crippen molar-refractivity contribution in [2.24, 2.45) is 0 Å². The van der Waals surface area contributed by atoms with Crippen LogP contribution in [0.1, 0.15) is 40.5 Å². The van der Waals surface area contributed by atoms with Crippen LogP contribution in [0, 0.1) is 0 Å². The molecule has 0 bridgehead atoms. The maximum Gasteiger partial charge on any atom is 0.326 e. The molecule has 20 heavy (non-hydrogen) atoms. The maximum absolute atomic E-state index is 12.0. The van der Waals surface area contributed by atoms with Crippen molar-refractivity contribution < 1.29 is 14.3 Å². The number of nitrogens with one attached hydrogen (secondary N) is 1. The van der Waals surface area contributed by atoms with Gasteiger partial charge in [-0.25, -0.2) is 0 Å². The molecule has 0 radical (unpaired) electrons. The molecule has 1 rings (SSSR count). The number of carbonyl (C=O) groups is 1. The number of morpholine rings is 1. The molecule has 0 aromatic heterocycles. The minimum atomic E-state index is -0.586. The van der Waals surface area contributed by atoms with Crippen molar-refractivity contribution in [3.8, 4) is 0 Å². The van der Waals surface area contributed by atoms with Crippen LogP contribution in [0.25, 0.3) is 0 Å². The van der Waals surface area contributed by atoms with Gasteiger partial charge in [0, 0.05) is 13.1 Å². The van der Waals surface area contributed by atoms with E-state index in [1.54, 1.807) is 0 Å². The molecule has 5 nitrogen and oxygen atoms in total. The highest BCUT2D eigenvalue weighted by Crippen LogP contribution is 2.19. The summed E-state index contributed by atoms with van der Waals surface area (Å²) < 4.78 is 10.8. The monoisotopic (exact) mass is 286 g/mol. The zero-order valence-electron chi connectivity index (χ0n) is 13.6. The molecule has 0 saturated carbocycles. The molecule has 1 aliphatic rings. The highest BCUT2D eigenvalue weighted by atomic mass is 16.5. The Kier molecular flexibility index (Phi) is 6.43. The zero-order chi connectivity index (χ0) is 15.2. The summed E-state index contributed by atoms with van der Waals surface area (Å²) in [5.74, 6) is -0.162. The van der Waals surface area contributed by atoms with Crippen LogP contribution in [0.2, 0.25) is 0 Å². The van der Waals surface area contributed by atoms with Crippen LogP contribution in [0.3, 0.4) is 0 Å². The van der Waals surface area contributed by atoms with E-state index < -0.39 is 5.54 Å². The van der Waals surface area contributed by atoms with E-state index in [4.69, 9.17) is 9.47 Å². The van der Waals surface area contributed by atoms with Crippen molar-refractivity contribution in [3.63, 3.8) is 0 Å². The number of nitrogens with zero attached hydrogens (tertiary/aromatic N) is 1. The lowest BCUT2D eigenvalue weighted by Crippen LogP contribution is -2.50. The highest BCUT2D eigenvalue weighted by Gasteiger charge is 2.33. The summed E-state index contributed by atoms with van der Waals surface area (Å²) in [6.07, 6.45) is 1.74. The third kappa shape index (κ3) is 5.04. The van der Waals surface area contributed by atoms with Crippen LogP contribution in [0.15, 0.2) is 0 Å². The molecule has 1 fully saturated rings. The minimum Gasteiger partial charge on any atom is -0.465 e. The van der Waals surface area contributed by atoms with Gasteiger partial charge in [-0.05, 0) is 54.1 Å². The van der Waals surface area contributed by atoms with E-state index >= 15 is 0 Å². The maximum atomic E-state index is 12.0. The molecule has 0 aromatic rings. The summed E-state index contributed by atoms with van der Waals surface area (Å²) in [4.78, 5) is 14.4. The van der Waals surface area contributed by atoms with Gasteiger partial charge < -0.3 is 14.8 Å². The molecule has 1 aliphatic heterocycles. The van der Waals surface area contributed by atoms with Gasteiger partial charge in [-0.2, -0.15) is 0 Å². The molecule has 0 aliphatic carbocycles. The Bertz CT molecular complexity index is 320. The Labute approximate surface area is 123 Å². The number of likely N-dealkylation sites (N-methyl/N-ethyl adjacent to an activating group) is 1. The van der Waals surface area contributed by atoms with Gasteiger partial charge in [-0.3, -0.25) is 9.69 Å². The predicted octanol–water partition coefficient (Wildman–Crippen LogP) is 1.42. The quantitative estimate of drug-likeness (QED) is 0.717. The van der Waals surface area contributed by atoms with Crippen LogP contribution in [-0.4, -0.2) is 61.9 Å². The van der Waals surface area contributed by atoms with Crippen LogP contribution >= 0.6 is 0 Å². The lowest BCUT2D eigenvalue weighted by Gasteiger charge is -2.38. The molecule has 1 N–H and O–H groups in total. The van der Waals surface area contributed by atoms with Gasteiger partial charge in [0.25, 0.3) is 0 Å². The summed E-state index contributed by atoms with van der Waals surface area (Å²) in [6.45, 7) is 12.1. The smallest absolute Gasteiger partial charge is 0.326 e. The van der Waals surface area contributed by atoms with E-state index in [2.05, 4.69) is 24.1 Å². The SMILES string of the molecule is CCOC(=O)C(C)(CCCN1CCOC(C)(C)C1)NC. The summed E-state index contributed by atoms with van der Waals surface area (Å²) in [5, 5.41) is 3.10. The average Bonchev–Trinajstić information content (AvgIpc) is 2.37. The van der Waals surface area contributed by atoms with E-state index in [0.29, 0.717) is 6.61 Å². The Balaban J connectivity index is 2.39. The number of hydrogen-bond acceptors (Lipinski definition) is 5. The Morgan fingerprint density at radius 1 is 1.50 bits per heavy atom. The van der Waals surface area contributed by atoms with Crippen molar-refractivity contribution in [1.29, 1.82) is 0 Å². The van der Waals surface area contributed by atoms with Crippen molar-refractivity contribution >= 4 is 5.97 Å². The zero-order valence-corrected chi connectivity index (χ0v) is 13.6. The van der Waals surface area contributed by atoms with E-state index in [-0.39, 0.29) is 11.6 Å². The molecule has 5 heteroatoms. The van der Waals surface area contributed by atoms with E-state index in [0.717, 1.165) is 39.1 Å². The predicted molar refractivity (Wildman–Crippen MR) is 79.8 cm³/mol. The summed E-state index contributed by atoms with van der Waals surface area (Å²) >= 11 is 0. The Morgan fingerprint density at radius 3 is 2.75 bits per heavy atom. The van der Waals surface area contributed by atoms with Gasteiger partial charge in [-0.15, -0.1) is 0 Å². The molecule has 1 unspecified atom stereocenters. The van der Waals surface area contributed by atoms with Gasteiger partial charge in [0.15, 0.2) is 0 Å². The van der Waals surface area contributed by atoms with Gasteiger partial charge in [-0.1, -0.05) is 0 Å². The van der Waals surface area contributed by atoms with Crippen molar-refractivity contribution in [2.75, 3.05) is 39.9 Å². The van der Waals surface area contributed by atoms with Crippen molar-refractivity contribution in [2.45, 2.75) is 51.7 Å². The molecule has 118 valence electrons. The molecule has 1 heterocycles. The lowest BCUT2D eigenvalue weighted by atomic mass is 9.95. The molecular weight excluding hydrogens is 256 g/mol. The lowest BCUT2D eigenvalue weighted by molar-refractivity contribution is -0.150. The standard InChI is InChI=1S/C15H30N2O3/c1-6-19-13(18)15(4,16-5)8-7-9-17-10-11-20-14(2,3)12-17/h16H,6-12H2,1-5H3.